The van der Waals surface area contributed by atoms with Crippen LogP contribution in [0.5, 0.6) is 5.75 Å². The molecule has 0 saturated heterocycles. The Morgan fingerprint density at radius 2 is 2.00 bits per heavy atom. The average Bonchev–Trinajstić information content (AvgIpc) is 2.56. The minimum Gasteiger partial charge on any atom is -0.479 e. The Morgan fingerprint density at radius 3 is 2.78 bits per heavy atom. The maximum absolute atomic E-state index is 12.3. The summed E-state index contributed by atoms with van der Waals surface area (Å²) in [6.07, 6.45) is 2.88. The normalized spacial score (nSPS) is 16.5. The van der Waals surface area contributed by atoms with Gasteiger partial charge in [-0.1, -0.05) is 12.1 Å². The molecule has 2 heterocycles. The van der Waals surface area contributed by atoms with Crippen LogP contribution in [0.1, 0.15) is 13.3 Å². The predicted octanol–water partition coefficient (Wildman–Crippen LogP) is 2.22. The van der Waals surface area contributed by atoms with Crippen LogP contribution in [-0.4, -0.2) is 29.4 Å². The maximum atomic E-state index is 12.3. The van der Waals surface area contributed by atoms with Crippen molar-refractivity contribution in [3.63, 3.8) is 0 Å². The van der Waals surface area contributed by atoms with E-state index in [1.54, 1.807) is 36.4 Å². The molecular weight excluding hydrogens is 294 g/mol. The zero-order valence-corrected chi connectivity index (χ0v) is 12.7. The molecule has 0 bridgehead atoms. The van der Waals surface area contributed by atoms with E-state index in [0.29, 0.717) is 23.7 Å². The quantitative estimate of drug-likeness (QED) is 0.940. The lowest BCUT2D eigenvalue weighted by molar-refractivity contribution is -0.125. The molecule has 1 atom stereocenters. The molecule has 1 N–H and O–H groups in total. The molecule has 118 valence electrons. The molecule has 2 amide bonds. The number of hydrogen-bond donors (Lipinski definition) is 1. The summed E-state index contributed by atoms with van der Waals surface area (Å²) in [4.78, 5) is 29.9. The van der Waals surface area contributed by atoms with Gasteiger partial charge >= 0.3 is 0 Å². The minimum atomic E-state index is -0.548. The van der Waals surface area contributed by atoms with Crippen LogP contribution in [0.3, 0.4) is 0 Å². The number of fused-ring (bicyclic) bond motifs is 1. The topological polar surface area (TPSA) is 71.5 Å². The molecule has 23 heavy (non-hydrogen) atoms. The fourth-order valence-electron chi connectivity index (χ4n) is 2.46. The number of anilines is 2. The summed E-state index contributed by atoms with van der Waals surface area (Å²) in [5.74, 6) is 0.371. The Kier molecular flexibility index (Phi) is 4.23. The Morgan fingerprint density at radius 1 is 1.26 bits per heavy atom. The van der Waals surface area contributed by atoms with Gasteiger partial charge in [-0.15, -0.1) is 0 Å². The second-order valence-corrected chi connectivity index (χ2v) is 5.25. The van der Waals surface area contributed by atoms with Gasteiger partial charge in [0.25, 0.3) is 5.91 Å². The third-order valence-corrected chi connectivity index (χ3v) is 3.60. The Labute approximate surface area is 134 Å². The largest absolute Gasteiger partial charge is 0.479 e. The van der Waals surface area contributed by atoms with Gasteiger partial charge in [0.1, 0.15) is 5.75 Å². The highest BCUT2D eigenvalue weighted by Gasteiger charge is 2.31. The fourth-order valence-corrected chi connectivity index (χ4v) is 2.46. The monoisotopic (exact) mass is 311 g/mol. The molecule has 6 nitrogen and oxygen atoms in total. The molecule has 2 aromatic rings. The molecular formula is C17H17N3O3. The van der Waals surface area contributed by atoms with E-state index in [2.05, 4.69) is 10.3 Å². The number of rotatable bonds is 4. The van der Waals surface area contributed by atoms with Crippen LogP contribution in [0.15, 0.2) is 48.8 Å². The Hall–Kier alpha value is -2.89. The van der Waals surface area contributed by atoms with Gasteiger partial charge in [-0.2, -0.15) is 0 Å². The van der Waals surface area contributed by atoms with Gasteiger partial charge in [0, 0.05) is 31.0 Å². The maximum Gasteiger partial charge on any atom is 0.267 e. The van der Waals surface area contributed by atoms with Crippen molar-refractivity contribution < 1.29 is 14.3 Å². The van der Waals surface area contributed by atoms with Gasteiger partial charge < -0.3 is 15.0 Å². The van der Waals surface area contributed by atoms with Crippen LogP contribution in [0.25, 0.3) is 0 Å². The van der Waals surface area contributed by atoms with Crippen LogP contribution in [0.4, 0.5) is 11.4 Å². The lowest BCUT2D eigenvalue weighted by Crippen LogP contribution is -2.45. The van der Waals surface area contributed by atoms with Crippen molar-refractivity contribution in [2.75, 3.05) is 16.8 Å². The van der Waals surface area contributed by atoms with Crippen molar-refractivity contribution >= 4 is 23.2 Å². The number of pyridine rings is 1. The zero-order valence-electron chi connectivity index (χ0n) is 12.7. The van der Waals surface area contributed by atoms with Gasteiger partial charge in [0.15, 0.2) is 6.10 Å². The molecule has 6 heteroatoms. The molecule has 0 fully saturated rings. The SMILES string of the molecule is C[C@@H]1Oc2ccccc2N(CCC(=O)Nc2ccncc2)C1=O. The number of nitrogens with zero attached hydrogens (tertiary/aromatic N) is 2. The summed E-state index contributed by atoms with van der Waals surface area (Å²) in [5, 5.41) is 2.78. The van der Waals surface area contributed by atoms with E-state index >= 15 is 0 Å². The van der Waals surface area contributed by atoms with Crippen LogP contribution < -0.4 is 15.0 Å². The molecule has 0 saturated carbocycles. The zero-order chi connectivity index (χ0) is 16.2. The van der Waals surface area contributed by atoms with E-state index in [1.807, 2.05) is 24.3 Å². The highest BCUT2D eigenvalue weighted by atomic mass is 16.5. The Balaban J connectivity index is 1.67. The lowest BCUT2D eigenvalue weighted by Gasteiger charge is -2.32. The third kappa shape index (κ3) is 3.31. The van der Waals surface area contributed by atoms with Crippen molar-refractivity contribution in [2.24, 2.45) is 0 Å². The average molecular weight is 311 g/mol. The van der Waals surface area contributed by atoms with Gasteiger partial charge in [-0.25, -0.2) is 0 Å². The number of ether oxygens (including phenoxy) is 1. The van der Waals surface area contributed by atoms with Crippen molar-refractivity contribution in [3.05, 3.63) is 48.8 Å². The van der Waals surface area contributed by atoms with Crippen molar-refractivity contribution in [1.29, 1.82) is 0 Å². The van der Waals surface area contributed by atoms with E-state index in [4.69, 9.17) is 4.74 Å². The number of carbonyl (C=O) groups is 2. The minimum absolute atomic E-state index is 0.139. The van der Waals surface area contributed by atoms with Gasteiger partial charge in [-0.05, 0) is 31.2 Å². The molecule has 1 aromatic heterocycles. The summed E-state index contributed by atoms with van der Waals surface area (Å²) in [6, 6.07) is 10.8. The van der Waals surface area contributed by atoms with E-state index in [0.717, 1.165) is 0 Å². The second-order valence-electron chi connectivity index (χ2n) is 5.25. The molecule has 0 aliphatic carbocycles. The number of para-hydroxylation sites is 2. The van der Waals surface area contributed by atoms with Crippen molar-refractivity contribution in [2.45, 2.75) is 19.4 Å². The number of amides is 2. The summed E-state index contributed by atoms with van der Waals surface area (Å²) in [6.45, 7) is 2.02. The first kappa shape index (κ1) is 15.0. The molecule has 0 unspecified atom stereocenters. The van der Waals surface area contributed by atoms with E-state index in [-0.39, 0.29) is 18.2 Å². The van der Waals surface area contributed by atoms with Crippen LogP contribution >= 0.6 is 0 Å². The Bertz CT molecular complexity index is 718. The number of aromatic nitrogens is 1. The van der Waals surface area contributed by atoms with Crippen LogP contribution in [-0.2, 0) is 9.59 Å². The molecule has 1 aliphatic heterocycles. The molecule has 0 spiro atoms. The number of hydrogen-bond acceptors (Lipinski definition) is 4. The number of nitrogens with one attached hydrogen (secondary N) is 1. The van der Waals surface area contributed by atoms with E-state index in [1.165, 1.54) is 0 Å². The standard InChI is InChI=1S/C17H17N3O3/c1-12-17(22)20(14-4-2-3-5-15(14)23-12)11-8-16(21)19-13-6-9-18-10-7-13/h2-7,9-10,12H,8,11H2,1H3,(H,18,19,21)/t12-/m0/s1. The highest BCUT2D eigenvalue weighted by molar-refractivity contribution is 6.00. The summed E-state index contributed by atoms with van der Waals surface area (Å²) >= 11 is 0. The molecule has 3 rings (SSSR count). The van der Waals surface area contributed by atoms with Crippen molar-refractivity contribution in [3.8, 4) is 5.75 Å². The predicted molar refractivity (Wildman–Crippen MR) is 86.4 cm³/mol. The summed E-state index contributed by atoms with van der Waals surface area (Å²) < 4.78 is 5.58. The van der Waals surface area contributed by atoms with E-state index < -0.39 is 6.10 Å². The summed E-state index contributed by atoms with van der Waals surface area (Å²) in [5.41, 5.74) is 1.39. The van der Waals surface area contributed by atoms with Crippen molar-refractivity contribution in [1.82, 2.24) is 4.98 Å². The number of carbonyl (C=O) groups excluding carboxylic acids is 2. The van der Waals surface area contributed by atoms with Gasteiger partial charge in [0.2, 0.25) is 5.91 Å². The van der Waals surface area contributed by atoms with E-state index in [9.17, 15) is 9.59 Å². The lowest BCUT2D eigenvalue weighted by atomic mass is 10.1. The molecule has 1 aliphatic rings. The smallest absolute Gasteiger partial charge is 0.267 e. The first-order chi connectivity index (χ1) is 11.1. The highest BCUT2D eigenvalue weighted by Crippen LogP contribution is 2.33. The first-order valence-electron chi connectivity index (χ1n) is 7.42. The van der Waals surface area contributed by atoms with Crippen LogP contribution in [0, 0.1) is 0 Å². The van der Waals surface area contributed by atoms with Gasteiger partial charge in [0.05, 0.1) is 5.69 Å². The number of benzene rings is 1. The molecule has 1 aromatic carbocycles. The summed E-state index contributed by atoms with van der Waals surface area (Å²) in [7, 11) is 0. The second kappa shape index (κ2) is 6.48. The first-order valence-corrected chi connectivity index (χ1v) is 7.42. The molecule has 0 radical (unpaired) electrons. The fraction of sp³-hybridized carbons (Fsp3) is 0.235. The third-order valence-electron chi connectivity index (χ3n) is 3.60. The van der Waals surface area contributed by atoms with Gasteiger partial charge in [-0.3, -0.25) is 14.6 Å². The van der Waals surface area contributed by atoms with Crippen LogP contribution in [0.2, 0.25) is 0 Å².